The summed E-state index contributed by atoms with van der Waals surface area (Å²) in [6.07, 6.45) is 0. The number of ether oxygens (including phenoxy) is 2. The van der Waals surface area contributed by atoms with Crippen molar-refractivity contribution in [3.05, 3.63) is 101 Å². The summed E-state index contributed by atoms with van der Waals surface area (Å²) in [6.45, 7) is 0.839. The molecule has 0 saturated carbocycles. The van der Waals surface area contributed by atoms with Gasteiger partial charge in [0.25, 0.3) is 5.91 Å². The van der Waals surface area contributed by atoms with Crippen molar-refractivity contribution >= 4 is 17.5 Å². The first-order valence-electron chi connectivity index (χ1n) is 10.4. The van der Waals surface area contributed by atoms with E-state index >= 15 is 0 Å². The number of carbonyl (C=O) groups excluding carboxylic acids is 1. The number of nitrogens with zero attached hydrogens (tertiary/aromatic N) is 3. The van der Waals surface area contributed by atoms with Gasteiger partial charge in [0.2, 0.25) is 6.79 Å². The Morgan fingerprint density at radius 2 is 1.73 bits per heavy atom. The topological polar surface area (TPSA) is 82.6 Å². The van der Waals surface area contributed by atoms with Crippen molar-refractivity contribution in [3.63, 3.8) is 0 Å². The van der Waals surface area contributed by atoms with E-state index in [-0.39, 0.29) is 19.2 Å². The molecule has 166 valence electrons. The van der Waals surface area contributed by atoms with E-state index in [0.717, 1.165) is 16.7 Å². The lowest BCUT2D eigenvalue weighted by Gasteiger charge is -2.17. The fraction of sp³-hybridized carbons (Fsp3) is 0.120. The van der Waals surface area contributed by atoms with E-state index in [4.69, 9.17) is 32.0 Å². The van der Waals surface area contributed by atoms with Crippen LogP contribution < -0.4 is 15.3 Å². The third-order valence-corrected chi connectivity index (χ3v) is 5.62. The van der Waals surface area contributed by atoms with Gasteiger partial charge in [-0.3, -0.25) is 14.5 Å². The summed E-state index contributed by atoms with van der Waals surface area (Å²) in [6, 6.07) is 24.4. The van der Waals surface area contributed by atoms with Crippen LogP contribution in [-0.2, 0) is 13.1 Å². The van der Waals surface area contributed by atoms with E-state index < -0.39 is 0 Å². The molecule has 1 aliphatic rings. The molecule has 0 spiro atoms. The predicted octanol–water partition coefficient (Wildman–Crippen LogP) is 4.50. The normalized spacial score (nSPS) is 12.1. The standard InChI is InChI=1S/C25H21ClN4O3/c26-20-9-7-19(8-10-20)21-13-22(30(28-21)15-17-4-2-1-3-5-17)25(31)29(27)14-18-6-11-23-24(12-18)33-16-32-23/h1-13H,14-16,27H2. The van der Waals surface area contributed by atoms with Gasteiger partial charge in [-0.1, -0.05) is 60.1 Å². The molecule has 0 bridgehead atoms. The first-order valence-corrected chi connectivity index (χ1v) is 10.8. The molecule has 0 atom stereocenters. The molecule has 0 fully saturated rings. The summed E-state index contributed by atoms with van der Waals surface area (Å²) in [5.41, 5.74) is 3.79. The van der Waals surface area contributed by atoms with Crippen LogP contribution in [0.1, 0.15) is 21.6 Å². The molecule has 0 aliphatic carbocycles. The second-order valence-corrected chi connectivity index (χ2v) is 8.12. The lowest BCUT2D eigenvalue weighted by atomic mass is 10.1. The summed E-state index contributed by atoms with van der Waals surface area (Å²) < 4.78 is 12.4. The molecule has 1 aliphatic heterocycles. The zero-order chi connectivity index (χ0) is 22.8. The molecule has 1 aromatic heterocycles. The number of hydrazine groups is 1. The van der Waals surface area contributed by atoms with Crippen molar-refractivity contribution in [1.82, 2.24) is 14.8 Å². The Labute approximate surface area is 195 Å². The number of hydrogen-bond donors (Lipinski definition) is 1. The quantitative estimate of drug-likeness (QED) is 0.260. The minimum absolute atomic E-state index is 0.191. The van der Waals surface area contributed by atoms with Crippen molar-refractivity contribution in [2.75, 3.05) is 6.79 Å². The molecular weight excluding hydrogens is 440 g/mol. The molecule has 33 heavy (non-hydrogen) atoms. The van der Waals surface area contributed by atoms with Gasteiger partial charge in [-0.05, 0) is 41.5 Å². The van der Waals surface area contributed by atoms with Crippen LogP contribution in [0.2, 0.25) is 5.02 Å². The average molecular weight is 461 g/mol. The lowest BCUT2D eigenvalue weighted by molar-refractivity contribution is 0.0730. The average Bonchev–Trinajstić information content (AvgIpc) is 3.46. The zero-order valence-corrected chi connectivity index (χ0v) is 18.4. The molecule has 0 unspecified atom stereocenters. The van der Waals surface area contributed by atoms with Crippen molar-refractivity contribution in [3.8, 4) is 22.8 Å². The van der Waals surface area contributed by atoms with E-state index in [2.05, 4.69) is 0 Å². The number of amides is 1. The number of benzene rings is 3. The van der Waals surface area contributed by atoms with Crippen LogP contribution in [0.25, 0.3) is 11.3 Å². The first-order chi connectivity index (χ1) is 16.1. The zero-order valence-electron chi connectivity index (χ0n) is 17.6. The number of rotatable bonds is 6. The summed E-state index contributed by atoms with van der Waals surface area (Å²) >= 11 is 6.03. The summed E-state index contributed by atoms with van der Waals surface area (Å²) in [5, 5.41) is 6.51. The van der Waals surface area contributed by atoms with E-state index in [1.165, 1.54) is 5.01 Å². The number of carbonyl (C=O) groups is 1. The third kappa shape index (κ3) is 4.55. The number of nitrogens with two attached hydrogens (primary N) is 1. The number of hydrogen-bond acceptors (Lipinski definition) is 5. The molecule has 2 N–H and O–H groups in total. The maximum Gasteiger partial charge on any atom is 0.286 e. The SMILES string of the molecule is NN(Cc1ccc2c(c1)OCO2)C(=O)c1cc(-c2ccc(Cl)cc2)nn1Cc1ccccc1. The number of halogens is 1. The number of fused-ring (bicyclic) bond motifs is 1. The van der Waals surface area contributed by atoms with Gasteiger partial charge in [0, 0.05) is 10.6 Å². The van der Waals surface area contributed by atoms with Crippen LogP contribution in [-0.4, -0.2) is 27.5 Å². The molecule has 1 amide bonds. The summed E-state index contributed by atoms with van der Waals surface area (Å²) in [4.78, 5) is 13.4. The van der Waals surface area contributed by atoms with E-state index in [1.807, 2.05) is 60.7 Å². The van der Waals surface area contributed by atoms with Crippen LogP contribution in [0.4, 0.5) is 0 Å². The van der Waals surface area contributed by atoms with Gasteiger partial charge in [0.15, 0.2) is 11.5 Å². The second-order valence-electron chi connectivity index (χ2n) is 7.69. The predicted molar refractivity (Wildman–Crippen MR) is 125 cm³/mol. The molecule has 8 heteroatoms. The number of aromatic nitrogens is 2. The fourth-order valence-electron chi connectivity index (χ4n) is 3.68. The highest BCUT2D eigenvalue weighted by Gasteiger charge is 2.22. The van der Waals surface area contributed by atoms with Crippen molar-refractivity contribution in [1.29, 1.82) is 0 Å². The summed E-state index contributed by atoms with van der Waals surface area (Å²) in [5.74, 6) is 7.20. The third-order valence-electron chi connectivity index (χ3n) is 5.36. The monoisotopic (exact) mass is 460 g/mol. The van der Waals surface area contributed by atoms with Crippen molar-refractivity contribution in [2.24, 2.45) is 5.84 Å². The van der Waals surface area contributed by atoms with E-state index in [1.54, 1.807) is 22.9 Å². The minimum atomic E-state index is -0.337. The summed E-state index contributed by atoms with van der Waals surface area (Å²) in [7, 11) is 0. The Hall–Kier alpha value is -3.81. The van der Waals surface area contributed by atoms with Gasteiger partial charge in [-0.2, -0.15) is 5.10 Å². The molecule has 4 aromatic rings. The minimum Gasteiger partial charge on any atom is -0.454 e. The molecule has 0 radical (unpaired) electrons. The molecule has 5 rings (SSSR count). The Kier molecular flexibility index (Phi) is 5.73. The highest BCUT2D eigenvalue weighted by atomic mass is 35.5. The molecule has 0 saturated heterocycles. The maximum absolute atomic E-state index is 13.4. The molecule has 7 nitrogen and oxygen atoms in total. The van der Waals surface area contributed by atoms with Crippen LogP contribution in [0, 0.1) is 0 Å². The Bertz CT molecular complexity index is 1290. The Morgan fingerprint density at radius 3 is 2.52 bits per heavy atom. The van der Waals surface area contributed by atoms with Gasteiger partial charge in [-0.15, -0.1) is 0 Å². The maximum atomic E-state index is 13.4. The van der Waals surface area contributed by atoms with Gasteiger partial charge in [0.1, 0.15) is 5.69 Å². The van der Waals surface area contributed by atoms with E-state index in [9.17, 15) is 4.79 Å². The van der Waals surface area contributed by atoms with Crippen LogP contribution in [0.15, 0.2) is 78.9 Å². The molecule has 3 aromatic carbocycles. The highest BCUT2D eigenvalue weighted by Crippen LogP contribution is 2.32. The lowest BCUT2D eigenvalue weighted by Crippen LogP contribution is -2.38. The van der Waals surface area contributed by atoms with Crippen LogP contribution in [0.5, 0.6) is 11.5 Å². The van der Waals surface area contributed by atoms with Gasteiger partial charge in [-0.25, -0.2) is 5.84 Å². The van der Waals surface area contributed by atoms with Crippen molar-refractivity contribution in [2.45, 2.75) is 13.1 Å². The largest absolute Gasteiger partial charge is 0.454 e. The molecule has 2 heterocycles. The smallest absolute Gasteiger partial charge is 0.286 e. The van der Waals surface area contributed by atoms with Gasteiger partial charge in [0.05, 0.1) is 18.8 Å². The van der Waals surface area contributed by atoms with Gasteiger partial charge < -0.3 is 9.47 Å². The van der Waals surface area contributed by atoms with Gasteiger partial charge >= 0.3 is 0 Å². The fourth-order valence-corrected chi connectivity index (χ4v) is 3.81. The molecular formula is C25H21ClN4O3. The Morgan fingerprint density at radius 1 is 0.970 bits per heavy atom. The van der Waals surface area contributed by atoms with Crippen molar-refractivity contribution < 1.29 is 14.3 Å². The second kappa shape index (κ2) is 8.97. The first kappa shape index (κ1) is 21.1. The van der Waals surface area contributed by atoms with Crippen LogP contribution >= 0.6 is 11.6 Å². The van der Waals surface area contributed by atoms with E-state index in [0.29, 0.717) is 34.5 Å². The van der Waals surface area contributed by atoms with Crippen LogP contribution in [0.3, 0.4) is 0 Å². The highest BCUT2D eigenvalue weighted by molar-refractivity contribution is 6.30. The Balaban J connectivity index is 1.44.